The first-order valence-electron chi connectivity index (χ1n) is 6.31. The Hall–Kier alpha value is -1.27. The van der Waals surface area contributed by atoms with Gasteiger partial charge >= 0.3 is 0 Å². The van der Waals surface area contributed by atoms with E-state index in [1.54, 1.807) is 6.07 Å². The fraction of sp³-hybridized carbons (Fsp3) is 0.462. The summed E-state index contributed by atoms with van der Waals surface area (Å²) in [5.41, 5.74) is 0.585. The number of methoxy groups -OCH3 is 1. The van der Waals surface area contributed by atoms with Gasteiger partial charge in [-0.3, -0.25) is 4.79 Å². The molecule has 1 fully saturated rings. The van der Waals surface area contributed by atoms with Crippen molar-refractivity contribution in [3.8, 4) is 5.75 Å². The average molecular weight is 318 g/mol. The largest absolute Gasteiger partial charge is 0.495 e. The Kier molecular flexibility index (Phi) is 4.55. The molecule has 20 heavy (non-hydrogen) atoms. The van der Waals surface area contributed by atoms with Crippen LogP contribution in [-0.2, 0) is 20.3 Å². The molecule has 0 heterocycles. The van der Waals surface area contributed by atoms with Crippen LogP contribution in [0.2, 0.25) is 0 Å². The minimum atomic E-state index is -3.90. The van der Waals surface area contributed by atoms with Gasteiger partial charge in [-0.15, -0.1) is 0 Å². The molecule has 0 unspecified atom stereocenters. The van der Waals surface area contributed by atoms with Crippen molar-refractivity contribution in [1.82, 2.24) is 5.32 Å². The van der Waals surface area contributed by atoms with E-state index in [9.17, 15) is 13.2 Å². The maximum Gasteiger partial charge on any atom is 0.264 e. The number of benzene rings is 1. The summed E-state index contributed by atoms with van der Waals surface area (Å²) in [4.78, 5) is 11.7. The molecular formula is C13H16ClNO4S. The number of ether oxygens (including phenoxy) is 1. The van der Waals surface area contributed by atoms with Gasteiger partial charge < -0.3 is 10.1 Å². The number of hydrogen-bond donors (Lipinski definition) is 1. The maximum atomic E-state index is 11.8. The monoisotopic (exact) mass is 317 g/mol. The minimum absolute atomic E-state index is 0.113. The first kappa shape index (κ1) is 15.1. The van der Waals surface area contributed by atoms with E-state index in [4.69, 9.17) is 15.4 Å². The predicted molar refractivity (Wildman–Crippen MR) is 75.5 cm³/mol. The topological polar surface area (TPSA) is 72.5 Å². The number of hydrogen-bond acceptors (Lipinski definition) is 4. The van der Waals surface area contributed by atoms with Crippen molar-refractivity contribution < 1.29 is 17.9 Å². The van der Waals surface area contributed by atoms with Crippen molar-refractivity contribution in [2.75, 3.05) is 7.11 Å². The van der Waals surface area contributed by atoms with Crippen LogP contribution in [0.15, 0.2) is 23.1 Å². The molecule has 1 saturated carbocycles. The molecule has 1 aromatic rings. The molecule has 0 bridgehead atoms. The molecule has 0 aromatic heterocycles. The molecule has 1 amide bonds. The standard InChI is InChI=1S/C13H16ClNO4S/c1-19-11-6-5-9(7-12(11)20(14,17)18)8-13(16)15-10-3-2-4-10/h5-7,10H,2-4,8H2,1H3,(H,15,16). The van der Waals surface area contributed by atoms with Gasteiger partial charge in [-0.05, 0) is 37.0 Å². The zero-order valence-corrected chi connectivity index (χ0v) is 12.6. The highest BCUT2D eigenvalue weighted by Crippen LogP contribution is 2.28. The second kappa shape index (κ2) is 6.01. The molecule has 0 aliphatic heterocycles. The number of carbonyl (C=O) groups is 1. The minimum Gasteiger partial charge on any atom is -0.495 e. The van der Waals surface area contributed by atoms with E-state index in [1.807, 2.05) is 0 Å². The summed E-state index contributed by atoms with van der Waals surface area (Å²) in [6.07, 6.45) is 3.29. The highest BCUT2D eigenvalue weighted by molar-refractivity contribution is 8.13. The van der Waals surface area contributed by atoms with Crippen LogP contribution in [0.25, 0.3) is 0 Å². The normalized spacial score (nSPS) is 15.5. The van der Waals surface area contributed by atoms with Gasteiger partial charge in [0.15, 0.2) is 0 Å². The Labute approximate surface area is 122 Å². The van der Waals surface area contributed by atoms with E-state index in [2.05, 4.69) is 5.32 Å². The van der Waals surface area contributed by atoms with Crippen LogP contribution < -0.4 is 10.1 Å². The highest BCUT2D eigenvalue weighted by atomic mass is 35.7. The first-order valence-corrected chi connectivity index (χ1v) is 8.62. The number of amides is 1. The van der Waals surface area contributed by atoms with Gasteiger partial charge in [-0.1, -0.05) is 6.07 Å². The second-order valence-corrected chi connectivity index (χ2v) is 7.33. The van der Waals surface area contributed by atoms with Crippen LogP contribution in [0.5, 0.6) is 5.75 Å². The summed E-state index contributed by atoms with van der Waals surface area (Å²) in [7, 11) is 2.82. The molecule has 2 rings (SSSR count). The van der Waals surface area contributed by atoms with Gasteiger partial charge in [-0.2, -0.15) is 0 Å². The van der Waals surface area contributed by atoms with Gasteiger partial charge in [-0.25, -0.2) is 8.42 Å². The van der Waals surface area contributed by atoms with Gasteiger partial charge in [0.25, 0.3) is 9.05 Å². The third kappa shape index (κ3) is 3.64. The second-order valence-electron chi connectivity index (χ2n) is 4.80. The van der Waals surface area contributed by atoms with E-state index in [0.717, 1.165) is 19.3 Å². The third-order valence-electron chi connectivity index (χ3n) is 3.33. The molecule has 7 heteroatoms. The quantitative estimate of drug-likeness (QED) is 0.841. The fourth-order valence-corrected chi connectivity index (χ4v) is 3.08. The Morgan fingerprint density at radius 3 is 2.65 bits per heavy atom. The van der Waals surface area contributed by atoms with Gasteiger partial charge in [0.05, 0.1) is 13.5 Å². The van der Waals surface area contributed by atoms with Crippen LogP contribution in [-0.4, -0.2) is 27.5 Å². The number of halogens is 1. The van der Waals surface area contributed by atoms with E-state index in [-0.39, 0.29) is 29.0 Å². The van der Waals surface area contributed by atoms with Crippen molar-refractivity contribution in [2.24, 2.45) is 0 Å². The average Bonchev–Trinajstić information content (AvgIpc) is 2.33. The number of rotatable bonds is 5. The molecule has 1 aliphatic carbocycles. The molecule has 1 aliphatic rings. The smallest absolute Gasteiger partial charge is 0.264 e. The SMILES string of the molecule is COc1ccc(CC(=O)NC2CCC2)cc1S(=O)(=O)Cl. The van der Waals surface area contributed by atoms with Gasteiger partial charge in [0, 0.05) is 16.7 Å². The predicted octanol–water partition coefficient (Wildman–Crippen LogP) is 1.83. The summed E-state index contributed by atoms with van der Waals surface area (Å²) < 4.78 is 27.9. The fourth-order valence-electron chi connectivity index (χ4n) is 2.04. The van der Waals surface area contributed by atoms with E-state index in [0.29, 0.717) is 5.56 Å². The van der Waals surface area contributed by atoms with E-state index < -0.39 is 9.05 Å². The van der Waals surface area contributed by atoms with Crippen LogP contribution in [0.4, 0.5) is 0 Å². The third-order valence-corrected chi connectivity index (χ3v) is 4.67. The van der Waals surface area contributed by atoms with Crippen molar-refractivity contribution in [1.29, 1.82) is 0 Å². The van der Waals surface area contributed by atoms with Crippen molar-refractivity contribution in [2.45, 2.75) is 36.6 Å². The molecule has 0 spiro atoms. The molecule has 110 valence electrons. The summed E-state index contributed by atoms with van der Waals surface area (Å²) in [5.74, 6) is 0.0564. The van der Waals surface area contributed by atoms with Crippen LogP contribution in [0.3, 0.4) is 0 Å². The summed E-state index contributed by atoms with van der Waals surface area (Å²) in [6, 6.07) is 4.80. The molecule has 1 N–H and O–H groups in total. The van der Waals surface area contributed by atoms with Gasteiger partial charge in [0.1, 0.15) is 10.6 Å². The van der Waals surface area contributed by atoms with Crippen molar-refractivity contribution in [3.63, 3.8) is 0 Å². The maximum absolute atomic E-state index is 11.8. The highest BCUT2D eigenvalue weighted by Gasteiger charge is 2.21. The summed E-state index contributed by atoms with van der Waals surface area (Å²) >= 11 is 0. The molecule has 5 nitrogen and oxygen atoms in total. The molecule has 1 aromatic carbocycles. The number of carbonyl (C=O) groups excluding carboxylic acids is 1. The summed E-state index contributed by atoms with van der Waals surface area (Å²) in [6.45, 7) is 0. The van der Waals surface area contributed by atoms with Crippen molar-refractivity contribution in [3.05, 3.63) is 23.8 Å². The Morgan fingerprint density at radius 1 is 1.45 bits per heavy atom. The van der Waals surface area contributed by atoms with Crippen LogP contribution in [0.1, 0.15) is 24.8 Å². The molecule has 0 saturated heterocycles. The molecule has 0 radical (unpaired) electrons. The Bertz CT molecular complexity index is 611. The lowest BCUT2D eigenvalue weighted by atomic mass is 9.93. The lowest BCUT2D eigenvalue weighted by Gasteiger charge is -2.26. The summed E-state index contributed by atoms with van der Waals surface area (Å²) in [5, 5.41) is 2.90. The Balaban J connectivity index is 2.14. The molecular weight excluding hydrogens is 302 g/mol. The van der Waals surface area contributed by atoms with E-state index in [1.165, 1.54) is 19.2 Å². The van der Waals surface area contributed by atoms with Gasteiger partial charge in [0.2, 0.25) is 5.91 Å². The zero-order valence-electron chi connectivity index (χ0n) is 11.1. The zero-order chi connectivity index (χ0) is 14.8. The van der Waals surface area contributed by atoms with Crippen molar-refractivity contribution >= 4 is 25.6 Å². The van der Waals surface area contributed by atoms with E-state index >= 15 is 0 Å². The molecule has 0 atom stereocenters. The van der Waals surface area contributed by atoms with Crippen LogP contribution in [0, 0.1) is 0 Å². The van der Waals surface area contributed by atoms with Crippen LogP contribution >= 0.6 is 10.7 Å². The number of nitrogens with one attached hydrogen (secondary N) is 1. The lowest BCUT2D eigenvalue weighted by molar-refractivity contribution is -0.121. The lowest BCUT2D eigenvalue weighted by Crippen LogP contribution is -2.40. The first-order chi connectivity index (χ1) is 9.40. The Morgan fingerprint density at radius 2 is 2.15 bits per heavy atom.